The van der Waals surface area contributed by atoms with E-state index in [0.717, 1.165) is 11.1 Å². The maximum absolute atomic E-state index is 14.3. The van der Waals surface area contributed by atoms with Gasteiger partial charge in [-0.3, -0.25) is 9.59 Å². The number of nitrogens with zero attached hydrogens (tertiary/aromatic N) is 2. The highest BCUT2D eigenvalue weighted by Gasteiger charge is 2.52. The van der Waals surface area contributed by atoms with E-state index in [1.807, 2.05) is 37.3 Å². The van der Waals surface area contributed by atoms with Gasteiger partial charge in [-0.25, -0.2) is 12.7 Å². The van der Waals surface area contributed by atoms with E-state index >= 15 is 0 Å². The monoisotopic (exact) mass is 580 g/mol. The van der Waals surface area contributed by atoms with E-state index < -0.39 is 33.5 Å². The van der Waals surface area contributed by atoms with E-state index in [0.29, 0.717) is 35.7 Å². The van der Waals surface area contributed by atoms with Crippen LogP contribution in [0.3, 0.4) is 0 Å². The Kier molecular flexibility index (Phi) is 8.48. The number of benzene rings is 2. The SMILES string of the molecule is CC[C@@H](CN(C)S(=O)(=O)C1CC1)N1C(=O)[C@@](C)(CC(=O)O)C[C@H](c2cccc(Cl)c2)[C@H]1c1ccc(Cl)cc1. The number of carbonyl (C=O) groups excluding carboxylic acids is 1. The van der Waals surface area contributed by atoms with Gasteiger partial charge < -0.3 is 10.0 Å². The van der Waals surface area contributed by atoms with Crippen LogP contribution in [0.5, 0.6) is 0 Å². The molecule has 2 aromatic carbocycles. The molecule has 2 fully saturated rings. The highest BCUT2D eigenvalue weighted by Crippen LogP contribution is 2.52. The second-order valence-electron chi connectivity index (χ2n) is 10.8. The first-order valence-electron chi connectivity index (χ1n) is 12.9. The van der Waals surface area contributed by atoms with Gasteiger partial charge in [0.25, 0.3) is 0 Å². The molecule has 4 rings (SSSR count). The van der Waals surface area contributed by atoms with Crippen LogP contribution in [-0.4, -0.2) is 59.5 Å². The summed E-state index contributed by atoms with van der Waals surface area (Å²) in [6.07, 6.45) is 1.75. The molecule has 0 bridgehead atoms. The van der Waals surface area contributed by atoms with Crippen molar-refractivity contribution >= 4 is 45.1 Å². The highest BCUT2D eigenvalue weighted by atomic mass is 35.5. The maximum Gasteiger partial charge on any atom is 0.304 e. The van der Waals surface area contributed by atoms with Crippen LogP contribution in [0.4, 0.5) is 0 Å². The summed E-state index contributed by atoms with van der Waals surface area (Å²) < 4.78 is 27.4. The van der Waals surface area contributed by atoms with Crippen molar-refractivity contribution in [1.29, 1.82) is 0 Å². The first-order chi connectivity index (χ1) is 17.9. The number of rotatable bonds is 10. The molecular formula is C28H34Cl2N2O5S. The van der Waals surface area contributed by atoms with Crippen LogP contribution in [0, 0.1) is 5.41 Å². The zero-order chi connectivity index (χ0) is 27.8. The van der Waals surface area contributed by atoms with Gasteiger partial charge in [-0.2, -0.15) is 0 Å². The van der Waals surface area contributed by atoms with Crippen molar-refractivity contribution < 1.29 is 23.1 Å². The van der Waals surface area contributed by atoms with E-state index in [1.54, 1.807) is 37.1 Å². The molecule has 1 amide bonds. The molecule has 1 saturated heterocycles. The summed E-state index contributed by atoms with van der Waals surface area (Å²) in [5.74, 6) is -1.63. The molecular weight excluding hydrogens is 547 g/mol. The Morgan fingerprint density at radius 1 is 1.13 bits per heavy atom. The molecule has 1 aliphatic carbocycles. The third-order valence-corrected chi connectivity index (χ3v) is 10.7. The average molecular weight is 582 g/mol. The van der Waals surface area contributed by atoms with Gasteiger partial charge in [-0.1, -0.05) is 61.3 Å². The molecule has 38 heavy (non-hydrogen) atoms. The summed E-state index contributed by atoms with van der Waals surface area (Å²) in [5, 5.41) is 10.5. The molecule has 2 aromatic rings. The molecule has 0 radical (unpaired) electrons. The van der Waals surface area contributed by atoms with E-state index in [2.05, 4.69) is 0 Å². The Morgan fingerprint density at radius 2 is 1.79 bits per heavy atom. The number of halogens is 2. The fourth-order valence-corrected chi connectivity index (χ4v) is 7.66. The highest BCUT2D eigenvalue weighted by molar-refractivity contribution is 7.90. The number of likely N-dealkylation sites (N-methyl/N-ethyl adjacent to an activating group) is 1. The van der Waals surface area contributed by atoms with Crippen molar-refractivity contribution in [3.05, 3.63) is 69.7 Å². The fraction of sp³-hybridized carbons (Fsp3) is 0.500. The molecule has 1 aliphatic heterocycles. The number of hydrogen-bond donors (Lipinski definition) is 1. The number of piperidine rings is 1. The topological polar surface area (TPSA) is 95.0 Å². The van der Waals surface area contributed by atoms with Crippen LogP contribution >= 0.6 is 23.2 Å². The van der Waals surface area contributed by atoms with Crippen LogP contribution in [0.1, 0.15) is 69.0 Å². The normalized spacial score (nSPS) is 25.0. The standard InChI is InChI=1S/C28H34Cl2N2O5S/c1-4-22(17-31(3)38(36,37)23-12-13-23)32-26(18-8-10-20(29)11-9-18)24(19-6-5-7-21(30)14-19)15-28(2,27(32)35)16-25(33)34/h5-11,14,22-24,26H,4,12-13,15-17H2,1-3H3,(H,33,34)/t22-,24+,26+,28+/m0/s1. The molecule has 0 aromatic heterocycles. The lowest BCUT2D eigenvalue weighted by Crippen LogP contribution is -2.58. The lowest BCUT2D eigenvalue weighted by molar-refractivity contribution is -0.160. The van der Waals surface area contributed by atoms with Crippen LogP contribution in [0.15, 0.2) is 48.5 Å². The number of carbonyl (C=O) groups is 2. The van der Waals surface area contributed by atoms with E-state index in [1.165, 1.54) is 4.31 Å². The van der Waals surface area contributed by atoms with Gasteiger partial charge >= 0.3 is 5.97 Å². The zero-order valence-electron chi connectivity index (χ0n) is 21.8. The Hall–Kier alpha value is -2.13. The second-order valence-corrected chi connectivity index (χ2v) is 14.0. The van der Waals surface area contributed by atoms with E-state index in [9.17, 15) is 23.1 Å². The Bertz CT molecular complexity index is 1300. The Labute approximate surface area is 234 Å². The van der Waals surface area contributed by atoms with Gasteiger partial charge in [0.05, 0.1) is 23.1 Å². The van der Waals surface area contributed by atoms with Crippen molar-refractivity contribution in [2.45, 2.75) is 69.2 Å². The summed E-state index contributed by atoms with van der Waals surface area (Å²) in [6.45, 7) is 3.74. The number of carboxylic acid groups (broad SMARTS) is 1. The summed E-state index contributed by atoms with van der Waals surface area (Å²) in [7, 11) is -1.91. The largest absolute Gasteiger partial charge is 0.481 e. The van der Waals surface area contributed by atoms with Crippen molar-refractivity contribution in [3.8, 4) is 0 Å². The molecule has 2 aliphatic rings. The lowest BCUT2D eigenvalue weighted by Gasteiger charge is -2.52. The molecule has 10 heteroatoms. The Morgan fingerprint density at radius 3 is 2.34 bits per heavy atom. The number of amides is 1. The molecule has 1 N–H and O–H groups in total. The smallest absolute Gasteiger partial charge is 0.304 e. The summed E-state index contributed by atoms with van der Waals surface area (Å²) in [4.78, 5) is 28.0. The zero-order valence-corrected chi connectivity index (χ0v) is 24.1. The van der Waals surface area contributed by atoms with Gasteiger partial charge in [0.2, 0.25) is 15.9 Å². The minimum atomic E-state index is -3.47. The minimum Gasteiger partial charge on any atom is -0.481 e. The third-order valence-electron chi connectivity index (χ3n) is 7.84. The first kappa shape index (κ1) is 28.9. The number of aliphatic carboxylic acids is 1. The molecule has 4 atom stereocenters. The Balaban J connectivity index is 1.86. The van der Waals surface area contributed by atoms with E-state index in [-0.39, 0.29) is 30.0 Å². The van der Waals surface area contributed by atoms with Gasteiger partial charge in [-0.15, -0.1) is 0 Å². The molecule has 0 unspecified atom stereocenters. The van der Waals surface area contributed by atoms with Gasteiger partial charge in [-0.05, 0) is 61.1 Å². The molecule has 206 valence electrons. The summed E-state index contributed by atoms with van der Waals surface area (Å²) >= 11 is 12.6. The molecule has 1 saturated carbocycles. The lowest BCUT2D eigenvalue weighted by atomic mass is 9.67. The van der Waals surface area contributed by atoms with Crippen LogP contribution in [0.25, 0.3) is 0 Å². The average Bonchev–Trinajstić information content (AvgIpc) is 3.70. The van der Waals surface area contributed by atoms with Gasteiger partial charge in [0, 0.05) is 35.6 Å². The minimum absolute atomic E-state index is 0.122. The number of hydrogen-bond acceptors (Lipinski definition) is 4. The quantitative estimate of drug-likeness (QED) is 0.387. The van der Waals surface area contributed by atoms with Crippen LogP contribution in [-0.2, 0) is 19.6 Å². The van der Waals surface area contributed by atoms with Crippen LogP contribution in [0.2, 0.25) is 10.0 Å². The first-order valence-corrected chi connectivity index (χ1v) is 15.1. The van der Waals surface area contributed by atoms with Gasteiger partial charge in [0.15, 0.2) is 0 Å². The molecule has 7 nitrogen and oxygen atoms in total. The number of sulfonamides is 1. The molecule has 0 spiro atoms. The fourth-order valence-electron chi connectivity index (χ4n) is 5.72. The summed E-state index contributed by atoms with van der Waals surface area (Å²) in [6, 6.07) is 13.8. The van der Waals surface area contributed by atoms with Crippen molar-refractivity contribution in [1.82, 2.24) is 9.21 Å². The van der Waals surface area contributed by atoms with Crippen LogP contribution < -0.4 is 0 Å². The van der Waals surface area contributed by atoms with Crippen molar-refractivity contribution in [3.63, 3.8) is 0 Å². The second kappa shape index (κ2) is 11.2. The number of carboxylic acids is 1. The predicted octanol–water partition coefficient (Wildman–Crippen LogP) is 5.73. The third kappa shape index (κ3) is 5.88. The van der Waals surface area contributed by atoms with E-state index in [4.69, 9.17) is 23.2 Å². The summed E-state index contributed by atoms with van der Waals surface area (Å²) in [5.41, 5.74) is 0.542. The maximum atomic E-state index is 14.3. The van der Waals surface area contributed by atoms with Crippen molar-refractivity contribution in [2.24, 2.45) is 5.41 Å². The predicted molar refractivity (Wildman–Crippen MR) is 149 cm³/mol. The van der Waals surface area contributed by atoms with Crippen molar-refractivity contribution in [2.75, 3.05) is 13.6 Å². The molecule has 1 heterocycles. The number of likely N-dealkylation sites (tertiary alicyclic amines) is 1. The van der Waals surface area contributed by atoms with Gasteiger partial charge in [0.1, 0.15) is 0 Å².